The lowest BCUT2D eigenvalue weighted by Gasteiger charge is -2.27. The van der Waals surface area contributed by atoms with Crippen LogP contribution in [0.15, 0.2) is 4.42 Å². The van der Waals surface area contributed by atoms with Crippen molar-refractivity contribution in [3.05, 3.63) is 22.6 Å². The molecule has 0 unspecified atom stereocenters. The van der Waals surface area contributed by atoms with Crippen molar-refractivity contribution >= 4 is 5.78 Å². The average molecular weight is 232 g/mol. The van der Waals surface area contributed by atoms with Crippen LogP contribution in [0.4, 0.5) is 0 Å². The zero-order valence-corrected chi connectivity index (χ0v) is 10.8. The second kappa shape index (κ2) is 3.72. The Kier molecular flexibility index (Phi) is 2.42. The highest BCUT2D eigenvalue weighted by Gasteiger charge is 2.36. The predicted molar refractivity (Wildman–Crippen MR) is 66.4 cm³/mol. The second-order valence-electron chi connectivity index (χ2n) is 6.30. The predicted octanol–water partition coefficient (Wildman–Crippen LogP) is 3.70. The molecule has 1 heterocycles. The average Bonchev–Trinajstić information content (AvgIpc) is 2.41. The molecule has 17 heavy (non-hydrogen) atoms. The number of hydrogen-bond acceptors (Lipinski definition) is 2. The summed E-state index contributed by atoms with van der Waals surface area (Å²) in [5.41, 5.74) is 2.28. The van der Waals surface area contributed by atoms with Gasteiger partial charge in [0, 0.05) is 24.8 Å². The molecule has 0 radical (unpaired) electrons. The number of carbonyl (C=O) groups is 1. The van der Waals surface area contributed by atoms with Crippen molar-refractivity contribution in [2.24, 2.45) is 5.41 Å². The Balaban J connectivity index is 2.08. The van der Waals surface area contributed by atoms with Gasteiger partial charge in [-0.05, 0) is 24.7 Å². The third kappa shape index (κ3) is 1.84. The summed E-state index contributed by atoms with van der Waals surface area (Å²) in [6.45, 7) is 4.31. The molecule has 92 valence electrons. The first kappa shape index (κ1) is 11.1. The fraction of sp³-hybridized carbons (Fsp3) is 0.667. The van der Waals surface area contributed by atoms with E-state index < -0.39 is 0 Å². The molecule has 0 saturated heterocycles. The summed E-state index contributed by atoms with van der Waals surface area (Å²) >= 11 is 0. The number of fused-ring (bicyclic) bond motifs is 3. The van der Waals surface area contributed by atoms with E-state index in [1.807, 2.05) is 0 Å². The van der Waals surface area contributed by atoms with Crippen molar-refractivity contribution in [1.29, 1.82) is 0 Å². The summed E-state index contributed by atoms with van der Waals surface area (Å²) in [4.78, 5) is 12.3. The van der Waals surface area contributed by atoms with Crippen molar-refractivity contribution in [2.45, 2.75) is 58.8 Å². The smallest absolute Gasteiger partial charge is 0.167 e. The van der Waals surface area contributed by atoms with E-state index in [1.54, 1.807) is 0 Å². The molecule has 2 aliphatic carbocycles. The van der Waals surface area contributed by atoms with Gasteiger partial charge in [-0.15, -0.1) is 0 Å². The number of furan rings is 1. The van der Waals surface area contributed by atoms with Gasteiger partial charge in [-0.2, -0.15) is 0 Å². The Morgan fingerprint density at radius 1 is 1.00 bits per heavy atom. The van der Waals surface area contributed by atoms with Crippen LogP contribution in [-0.4, -0.2) is 5.78 Å². The molecule has 3 rings (SSSR count). The van der Waals surface area contributed by atoms with Crippen LogP contribution in [0.2, 0.25) is 0 Å². The van der Waals surface area contributed by atoms with E-state index in [0.29, 0.717) is 12.2 Å². The Hall–Kier alpha value is -1.05. The second-order valence-corrected chi connectivity index (χ2v) is 6.30. The maximum atomic E-state index is 12.3. The van der Waals surface area contributed by atoms with E-state index in [-0.39, 0.29) is 5.41 Å². The van der Waals surface area contributed by atoms with Gasteiger partial charge >= 0.3 is 0 Å². The van der Waals surface area contributed by atoms with Crippen molar-refractivity contribution in [1.82, 2.24) is 0 Å². The van der Waals surface area contributed by atoms with Crippen molar-refractivity contribution < 1.29 is 9.21 Å². The van der Waals surface area contributed by atoms with Crippen LogP contribution >= 0.6 is 0 Å². The molecule has 2 nitrogen and oxygen atoms in total. The van der Waals surface area contributed by atoms with Gasteiger partial charge in [0.25, 0.3) is 0 Å². The molecule has 0 spiro atoms. The molecule has 0 amide bonds. The van der Waals surface area contributed by atoms with Gasteiger partial charge < -0.3 is 4.42 Å². The maximum absolute atomic E-state index is 12.3. The molecular formula is C15H20O2. The molecule has 1 aromatic rings. The molecule has 2 heteroatoms. The quantitative estimate of drug-likeness (QED) is 0.638. The van der Waals surface area contributed by atoms with Gasteiger partial charge in [0.05, 0.1) is 5.56 Å². The van der Waals surface area contributed by atoms with E-state index in [2.05, 4.69) is 13.8 Å². The summed E-state index contributed by atoms with van der Waals surface area (Å²) < 4.78 is 5.99. The van der Waals surface area contributed by atoms with Crippen LogP contribution in [0.25, 0.3) is 0 Å². The van der Waals surface area contributed by atoms with Gasteiger partial charge in [0.1, 0.15) is 11.5 Å². The minimum Gasteiger partial charge on any atom is -0.465 e. The Bertz CT molecular complexity index is 466. The number of carbonyl (C=O) groups excluding carboxylic acids is 1. The Morgan fingerprint density at radius 3 is 2.59 bits per heavy atom. The third-order valence-corrected chi connectivity index (χ3v) is 4.05. The highest BCUT2D eigenvalue weighted by molar-refractivity contribution is 6.00. The van der Waals surface area contributed by atoms with Crippen molar-refractivity contribution in [3.63, 3.8) is 0 Å². The molecule has 0 saturated carbocycles. The first-order valence-electron chi connectivity index (χ1n) is 6.73. The summed E-state index contributed by atoms with van der Waals surface area (Å²) in [6, 6.07) is 0. The minimum absolute atomic E-state index is 0.0700. The first-order valence-corrected chi connectivity index (χ1v) is 6.73. The molecule has 0 aliphatic heterocycles. The first-order chi connectivity index (χ1) is 8.07. The summed E-state index contributed by atoms with van der Waals surface area (Å²) in [5.74, 6) is 2.39. The fourth-order valence-electron chi connectivity index (χ4n) is 3.27. The zero-order valence-electron chi connectivity index (χ0n) is 10.8. The van der Waals surface area contributed by atoms with E-state index in [9.17, 15) is 4.79 Å². The van der Waals surface area contributed by atoms with Crippen LogP contribution in [0.3, 0.4) is 0 Å². The number of Topliss-reactive ketones (excluding diaryl/α,β-unsaturated/α-hetero) is 1. The Morgan fingerprint density at radius 2 is 1.76 bits per heavy atom. The molecule has 0 atom stereocenters. The molecule has 0 N–H and O–H groups in total. The number of aryl methyl sites for hydroxylation is 1. The lowest BCUT2D eigenvalue weighted by atomic mass is 9.75. The van der Waals surface area contributed by atoms with Crippen molar-refractivity contribution in [2.75, 3.05) is 0 Å². The standard InChI is InChI=1S/C15H20O2/c1-15(2)8-11(16)14-10-6-4-3-5-7-12(10)17-13(14)9-15/h3-9H2,1-2H3. The molecular weight excluding hydrogens is 212 g/mol. The fourth-order valence-corrected chi connectivity index (χ4v) is 3.27. The molecule has 2 aliphatic rings. The highest BCUT2D eigenvalue weighted by Crippen LogP contribution is 2.40. The van der Waals surface area contributed by atoms with Gasteiger partial charge in [0.15, 0.2) is 5.78 Å². The van der Waals surface area contributed by atoms with E-state index >= 15 is 0 Å². The summed E-state index contributed by atoms with van der Waals surface area (Å²) in [5, 5.41) is 0. The number of hydrogen-bond donors (Lipinski definition) is 0. The summed E-state index contributed by atoms with van der Waals surface area (Å²) in [6.07, 6.45) is 7.33. The van der Waals surface area contributed by atoms with E-state index in [1.165, 1.54) is 24.8 Å². The van der Waals surface area contributed by atoms with Crippen LogP contribution in [0.5, 0.6) is 0 Å². The van der Waals surface area contributed by atoms with Crippen LogP contribution in [0.1, 0.15) is 67.0 Å². The maximum Gasteiger partial charge on any atom is 0.167 e. The van der Waals surface area contributed by atoms with Crippen LogP contribution in [0, 0.1) is 5.41 Å². The van der Waals surface area contributed by atoms with Crippen LogP contribution in [-0.2, 0) is 19.3 Å². The van der Waals surface area contributed by atoms with Crippen LogP contribution < -0.4 is 0 Å². The molecule has 0 bridgehead atoms. The number of rotatable bonds is 0. The molecule has 0 aromatic carbocycles. The lowest BCUT2D eigenvalue weighted by Crippen LogP contribution is -2.26. The Labute approximate surface area is 102 Å². The van der Waals surface area contributed by atoms with Crippen molar-refractivity contribution in [3.8, 4) is 0 Å². The van der Waals surface area contributed by atoms with Gasteiger partial charge in [0.2, 0.25) is 0 Å². The summed E-state index contributed by atoms with van der Waals surface area (Å²) in [7, 11) is 0. The molecule has 1 aromatic heterocycles. The lowest BCUT2D eigenvalue weighted by molar-refractivity contribution is 0.0902. The topological polar surface area (TPSA) is 30.2 Å². The third-order valence-electron chi connectivity index (χ3n) is 4.05. The number of ketones is 1. The highest BCUT2D eigenvalue weighted by atomic mass is 16.3. The monoisotopic (exact) mass is 232 g/mol. The zero-order chi connectivity index (χ0) is 12.0. The van der Waals surface area contributed by atoms with E-state index in [0.717, 1.165) is 36.3 Å². The normalized spacial score (nSPS) is 22.8. The molecule has 0 fully saturated rings. The van der Waals surface area contributed by atoms with Gasteiger partial charge in [-0.3, -0.25) is 4.79 Å². The largest absolute Gasteiger partial charge is 0.465 e. The van der Waals surface area contributed by atoms with E-state index in [4.69, 9.17) is 4.42 Å². The minimum atomic E-state index is 0.0700. The van der Waals surface area contributed by atoms with Gasteiger partial charge in [-0.25, -0.2) is 0 Å². The van der Waals surface area contributed by atoms with Gasteiger partial charge in [-0.1, -0.05) is 20.3 Å². The SMILES string of the molecule is CC1(C)CC(=O)c2c(oc3c2CCCCC3)C1.